The summed E-state index contributed by atoms with van der Waals surface area (Å²) in [6.07, 6.45) is 0.400. The number of aliphatic hydroxyl groups excluding tert-OH is 3. The summed E-state index contributed by atoms with van der Waals surface area (Å²) in [7, 11) is 0. The zero-order valence-corrected chi connectivity index (χ0v) is 8.13. The van der Waals surface area contributed by atoms with Gasteiger partial charge < -0.3 is 26.4 Å². The van der Waals surface area contributed by atoms with Crippen LogP contribution in [0.2, 0.25) is 0 Å². The summed E-state index contributed by atoms with van der Waals surface area (Å²) in [4.78, 5) is 0. The molecule has 0 saturated heterocycles. The second kappa shape index (κ2) is 7.02. The maximum Gasteiger partial charge on any atom is 0.163 e. The van der Waals surface area contributed by atoms with E-state index in [1.165, 1.54) is 0 Å². The quantitative estimate of drug-likeness (QED) is 0.329. The summed E-state index contributed by atoms with van der Waals surface area (Å²) in [5, 5.41) is 29.3. The highest BCUT2D eigenvalue weighted by molar-refractivity contribution is 7.80. The van der Waals surface area contributed by atoms with Crippen molar-refractivity contribution in [1.29, 1.82) is 0 Å². The van der Waals surface area contributed by atoms with E-state index in [0.29, 0.717) is 6.42 Å². The Morgan fingerprint density at radius 1 is 1.31 bits per heavy atom. The van der Waals surface area contributed by atoms with Crippen molar-refractivity contribution in [3.63, 3.8) is 0 Å². The molecule has 78 valence electrons. The van der Waals surface area contributed by atoms with E-state index in [1.54, 1.807) is 0 Å². The number of nitrogens with two attached hydrogens (primary N) is 1. The Morgan fingerprint density at radius 3 is 2.23 bits per heavy atom. The van der Waals surface area contributed by atoms with Crippen LogP contribution in [0.3, 0.4) is 0 Å². The summed E-state index contributed by atoms with van der Waals surface area (Å²) in [5.41, 5.74) is 5.22. The number of aliphatic hydroxyl groups is 3. The molecule has 0 aliphatic heterocycles. The minimum atomic E-state index is -0.394. The van der Waals surface area contributed by atoms with Crippen LogP contribution in [0.15, 0.2) is 0 Å². The van der Waals surface area contributed by atoms with Crippen molar-refractivity contribution in [1.82, 2.24) is 5.32 Å². The lowest BCUT2D eigenvalue weighted by Crippen LogP contribution is -2.46. The molecule has 0 bridgehead atoms. The predicted molar refractivity (Wildman–Crippen MR) is 53.1 cm³/mol. The third-order valence-electron chi connectivity index (χ3n) is 1.83. The third kappa shape index (κ3) is 4.99. The fraction of sp³-hybridized carbons (Fsp3) is 0.857. The van der Waals surface area contributed by atoms with Gasteiger partial charge in [0.15, 0.2) is 5.11 Å². The molecule has 5 nitrogen and oxygen atoms in total. The largest absolute Gasteiger partial charge is 0.396 e. The molecule has 2 atom stereocenters. The van der Waals surface area contributed by atoms with Crippen molar-refractivity contribution in [3.8, 4) is 0 Å². The molecule has 0 heterocycles. The monoisotopic (exact) mass is 208 g/mol. The van der Waals surface area contributed by atoms with E-state index in [4.69, 9.17) is 21.1 Å². The summed E-state index contributed by atoms with van der Waals surface area (Å²) in [5.74, 6) is -0.239. The maximum atomic E-state index is 8.93. The van der Waals surface area contributed by atoms with Crippen LogP contribution < -0.4 is 11.1 Å². The van der Waals surface area contributed by atoms with Gasteiger partial charge in [0.25, 0.3) is 0 Å². The van der Waals surface area contributed by atoms with E-state index in [0.717, 1.165) is 0 Å². The van der Waals surface area contributed by atoms with Crippen LogP contribution in [0.1, 0.15) is 6.42 Å². The first-order chi connectivity index (χ1) is 6.15. The second-order valence-corrected chi connectivity index (χ2v) is 3.19. The number of nitrogens with one attached hydrogen (secondary N) is 1. The zero-order valence-electron chi connectivity index (χ0n) is 7.31. The molecule has 2 unspecified atom stereocenters. The minimum Gasteiger partial charge on any atom is -0.396 e. The van der Waals surface area contributed by atoms with Gasteiger partial charge in [-0.3, -0.25) is 0 Å². The molecule has 0 rings (SSSR count). The lowest BCUT2D eigenvalue weighted by Gasteiger charge is -2.24. The van der Waals surface area contributed by atoms with Crippen molar-refractivity contribution < 1.29 is 15.3 Å². The molecular formula is C7H16N2O3S. The van der Waals surface area contributed by atoms with Crippen molar-refractivity contribution in [2.24, 2.45) is 11.7 Å². The van der Waals surface area contributed by atoms with Crippen LogP contribution in [0.25, 0.3) is 0 Å². The van der Waals surface area contributed by atoms with Crippen LogP contribution in [-0.4, -0.2) is 46.3 Å². The topological polar surface area (TPSA) is 98.7 Å². The Hall–Kier alpha value is -0.430. The fourth-order valence-electron chi connectivity index (χ4n) is 1.08. The average molecular weight is 208 g/mol. The van der Waals surface area contributed by atoms with E-state index in [1.807, 2.05) is 0 Å². The molecule has 0 aliphatic rings. The van der Waals surface area contributed by atoms with Crippen LogP contribution in [0.4, 0.5) is 0 Å². The van der Waals surface area contributed by atoms with Crippen LogP contribution >= 0.6 is 12.2 Å². The molecule has 0 aromatic rings. The zero-order chi connectivity index (χ0) is 10.3. The standard InChI is InChI=1S/C7H16N2O3S/c8-7(13)9-6(4-12)5(3-11)1-2-10/h5-6,10-12H,1-4H2,(H3,8,9,13). The van der Waals surface area contributed by atoms with E-state index in [-0.39, 0.29) is 30.9 Å². The highest BCUT2D eigenvalue weighted by Gasteiger charge is 2.19. The van der Waals surface area contributed by atoms with Crippen LogP contribution in [0, 0.1) is 5.92 Å². The molecule has 0 amide bonds. The molecular weight excluding hydrogens is 192 g/mol. The molecule has 0 spiro atoms. The first-order valence-corrected chi connectivity index (χ1v) is 4.45. The van der Waals surface area contributed by atoms with E-state index in [2.05, 4.69) is 17.5 Å². The normalized spacial score (nSPS) is 15.0. The predicted octanol–water partition coefficient (Wildman–Crippen LogP) is -1.83. The molecule has 0 radical (unpaired) electrons. The molecule has 0 aliphatic carbocycles. The van der Waals surface area contributed by atoms with Gasteiger partial charge in [-0.1, -0.05) is 0 Å². The highest BCUT2D eigenvalue weighted by atomic mass is 32.1. The van der Waals surface area contributed by atoms with Crippen LogP contribution in [0.5, 0.6) is 0 Å². The molecule has 0 aromatic carbocycles. The maximum absolute atomic E-state index is 8.93. The smallest absolute Gasteiger partial charge is 0.163 e. The number of thiocarbonyl (C=S) groups is 1. The fourth-order valence-corrected chi connectivity index (χ4v) is 1.23. The molecule has 0 aromatic heterocycles. The van der Waals surface area contributed by atoms with Crippen molar-refractivity contribution >= 4 is 17.3 Å². The third-order valence-corrected chi connectivity index (χ3v) is 1.95. The van der Waals surface area contributed by atoms with Crippen LogP contribution in [-0.2, 0) is 0 Å². The van der Waals surface area contributed by atoms with Crippen molar-refractivity contribution in [3.05, 3.63) is 0 Å². The summed E-state index contributed by atoms with van der Waals surface area (Å²) < 4.78 is 0. The highest BCUT2D eigenvalue weighted by Crippen LogP contribution is 2.07. The number of hydrogen-bond donors (Lipinski definition) is 5. The first-order valence-electron chi connectivity index (χ1n) is 4.04. The van der Waals surface area contributed by atoms with Gasteiger partial charge in [-0.15, -0.1) is 0 Å². The van der Waals surface area contributed by atoms with Gasteiger partial charge in [0, 0.05) is 19.1 Å². The SMILES string of the molecule is NC(=S)NC(CO)C(CO)CCO. The molecule has 0 fully saturated rings. The van der Waals surface area contributed by atoms with Gasteiger partial charge in [-0.25, -0.2) is 0 Å². The lowest BCUT2D eigenvalue weighted by atomic mass is 9.98. The molecule has 6 heteroatoms. The molecule has 13 heavy (non-hydrogen) atoms. The van der Waals surface area contributed by atoms with Gasteiger partial charge in [0.2, 0.25) is 0 Å². The number of rotatable bonds is 6. The Balaban J connectivity index is 4.07. The average Bonchev–Trinajstić information content (AvgIpc) is 2.10. The van der Waals surface area contributed by atoms with E-state index < -0.39 is 6.04 Å². The Kier molecular flexibility index (Phi) is 6.79. The van der Waals surface area contributed by atoms with E-state index >= 15 is 0 Å². The van der Waals surface area contributed by atoms with Gasteiger partial charge in [0.1, 0.15) is 0 Å². The first kappa shape index (κ1) is 12.6. The number of hydrogen-bond acceptors (Lipinski definition) is 4. The summed E-state index contributed by atoms with van der Waals surface area (Å²) >= 11 is 4.60. The van der Waals surface area contributed by atoms with Gasteiger partial charge in [-0.05, 0) is 18.6 Å². The van der Waals surface area contributed by atoms with Gasteiger partial charge in [0.05, 0.1) is 12.6 Å². The Bertz CT molecular complexity index is 157. The Morgan fingerprint density at radius 2 is 1.92 bits per heavy atom. The van der Waals surface area contributed by atoms with Gasteiger partial charge >= 0.3 is 0 Å². The summed E-state index contributed by atoms with van der Waals surface area (Å²) in [6.45, 7) is -0.343. The molecule has 6 N–H and O–H groups in total. The summed E-state index contributed by atoms with van der Waals surface area (Å²) in [6, 6.07) is -0.394. The minimum absolute atomic E-state index is 0.0409. The lowest BCUT2D eigenvalue weighted by molar-refractivity contribution is 0.126. The van der Waals surface area contributed by atoms with E-state index in [9.17, 15) is 0 Å². The van der Waals surface area contributed by atoms with Crippen molar-refractivity contribution in [2.75, 3.05) is 19.8 Å². The van der Waals surface area contributed by atoms with Crippen molar-refractivity contribution in [2.45, 2.75) is 12.5 Å². The second-order valence-electron chi connectivity index (χ2n) is 2.75. The van der Waals surface area contributed by atoms with Gasteiger partial charge in [-0.2, -0.15) is 0 Å². The Labute approximate surface area is 82.6 Å². The molecule has 0 saturated carbocycles.